The van der Waals surface area contributed by atoms with Crippen LogP contribution in [0.4, 0.5) is 0 Å². The number of nitrogens with one attached hydrogen (secondary N) is 1. The maximum Gasteiger partial charge on any atom is 0.307 e. The smallest absolute Gasteiger partial charge is 0.307 e. The van der Waals surface area contributed by atoms with Gasteiger partial charge in [-0.15, -0.1) is 0 Å². The maximum atomic E-state index is 11.3. The van der Waals surface area contributed by atoms with Crippen molar-refractivity contribution in [2.24, 2.45) is 11.8 Å². The van der Waals surface area contributed by atoms with E-state index in [1.807, 2.05) is 6.92 Å². The van der Waals surface area contributed by atoms with Crippen molar-refractivity contribution in [3.63, 3.8) is 0 Å². The molecule has 86 valence electrons. The molecule has 1 aliphatic carbocycles. The van der Waals surface area contributed by atoms with Gasteiger partial charge in [-0.3, -0.25) is 9.59 Å². The van der Waals surface area contributed by atoms with E-state index in [1.54, 1.807) is 0 Å². The van der Waals surface area contributed by atoms with E-state index < -0.39 is 0 Å². The van der Waals surface area contributed by atoms with Crippen LogP contribution in [-0.4, -0.2) is 25.0 Å². The summed E-state index contributed by atoms with van der Waals surface area (Å²) < 4.78 is 4.88. The molecule has 1 amide bonds. The lowest BCUT2D eigenvalue weighted by Gasteiger charge is -2.04. The third-order valence-electron chi connectivity index (χ3n) is 2.54. The van der Waals surface area contributed by atoms with Crippen molar-refractivity contribution >= 4 is 11.9 Å². The van der Waals surface area contributed by atoms with Gasteiger partial charge in [0.2, 0.25) is 5.91 Å². The van der Waals surface area contributed by atoms with E-state index in [1.165, 1.54) is 0 Å². The standard InChI is InChI=1S/C11H19NO3/c1-3-6-15-10(13)4-5-12-11(14)9-7-8(9)2/h8-9H,3-7H2,1-2H3,(H,12,14)/t8-,9-/m1/s1. The maximum absolute atomic E-state index is 11.3. The van der Waals surface area contributed by atoms with E-state index in [0.29, 0.717) is 19.1 Å². The van der Waals surface area contributed by atoms with Gasteiger partial charge in [-0.1, -0.05) is 13.8 Å². The Morgan fingerprint density at radius 2 is 2.13 bits per heavy atom. The van der Waals surface area contributed by atoms with Crippen molar-refractivity contribution in [3.8, 4) is 0 Å². The van der Waals surface area contributed by atoms with Crippen molar-refractivity contribution in [1.29, 1.82) is 0 Å². The highest BCUT2D eigenvalue weighted by Crippen LogP contribution is 2.37. The minimum Gasteiger partial charge on any atom is -0.466 e. The van der Waals surface area contributed by atoms with Crippen LogP contribution in [0.1, 0.15) is 33.1 Å². The lowest BCUT2D eigenvalue weighted by atomic mass is 10.3. The molecule has 0 aliphatic heterocycles. The Balaban J connectivity index is 2.00. The van der Waals surface area contributed by atoms with Crippen LogP contribution in [0.3, 0.4) is 0 Å². The molecule has 4 heteroatoms. The van der Waals surface area contributed by atoms with Crippen molar-refractivity contribution < 1.29 is 14.3 Å². The van der Waals surface area contributed by atoms with E-state index in [4.69, 9.17) is 4.74 Å². The number of esters is 1. The second kappa shape index (κ2) is 5.73. The van der Waals surface area contributed by atoms with Gasteiger partial charge in [0.25, 0.3) is 0 Å². The van der Waals surface area contributed by atoms with Gasteiger partial charge >= 0.3 is 5.97 Å². The number of hydrogen-bond acceptors (Lipinski definition) is 3. The molecule has 15 heavy (non-hydrogen) atoms. The van der Waals surface area contributed by atoms with E-state index in [0.717, 1.165) is 12.8 Å². The molecule has 1 rings (SSSR count). The Morgan fingerprint density at radius 3 is 2.67 bits per heavy atom. The van der Waals surface area contributed by atoms with Gasteiger partial charge in [0.1, 0.15) is 0 Å². The van der Waals surface area contributed by atoms with E-state index >= 15 is 0 Å². The second-order valence-corrected chi connectivity index (χ2v) is 4.08. The highest BCUT2D eigenvalue weighted by atomic mass is 16.5. The molecule has 0 unspecified atom stereocenters. The van der Waals surface area contributed by atoms with Gasteiger partial charge in [0, 0.05) is 12.5 Å². The summed E-state index contributed by atoms with van der Waals surface area (Å²) in [5.74, 6) is 0.528. The number of ether oxygens (including phenoxy) is 1. The van der Waals surface area contributed by atoms with Crippen molar-refractivity contribution in [2.45, 2.75) is 33.1 Å². The average Bonchev–Trinajstić information content (AvgIpc) is 2.92. The van der Waals surface area contributed by atoms with Crippen LogP contribution in [0.2, 0.25) is 0 Å². The predicted molar refractivity (Wildman–Crippen MR) is 56.1 cm³/mol. The Hall–Kier alpha value is -1.06. The van der Waals surface area contributed by atoms with Crippen LogP contribution in [-0.2, 0) is 14.3 Å². The highest BCUT2D eigenvalue weighted by Gasteiger charge is 2.38. The summed E-state index contributed by atoms with van der Waals surface area (Å²) in [6.07, 6.45) is 2.08. The van der Waals surface area contributed by atoms with Crippen molar-refractivity contribution in [1.82, 2.24) is 5.32 Å². The summed E-state index contributed by atoms with van der Waals surface area (Å²) in [4.78, 5) is 22.4. The zero-order valence-electron chi connectivity index (χ0n) is 9.41. The summed E-state index contributed by atoms with van der Waals surface area (Å²) in [7, 11) is 0. The molecule has 0 spiro atoms. The normalized spacial score (nSPS) is 23.3. The molecule has 1 fully saturated rings. The van der Waals surface area contributed by atoms with Gasteiger partial charge in [-0.25, -0.2) is 0 Å². The first kappa shape index (κ1) is 12.0. The van der Waals surface area contributed by atoms with E-state index in [2.05, 4.69) is 12.2 Å². The molecular weight excluding hydrogens is 194 g/mol. The summed E-state index contributed by atoms with van der Waals surface area (Å²) >= 11 is 0. The summed E-state index contributed by atoms with van der Waals surface area (Å²) in [5.41, 5.74) is 0. The molecular formula is C11H19NO3. The summed E-state index contributed by atoms with van der Waals surface area (Å²) in [5, 5.41) is 2.74. The van der Waals surface area contributed by atoms with E-state index in [9.17, 15) is 9.59 Å². The first-order chi connectivity index (χ1) is 7.15. The summed E-state index contributed by atoms with van der Waals surface area (Å²) in [6, 6.07) is 0. The minimum atomic E-state index is -0.235. The predicted octanol–water partition coefficient (Wildman–Crippen LogP) is 1.10. The van der Waals surface area contributed by atoms with Crippen LogP contribution >= 0.6 is 0 Å². The topological polar surface area (TPSA) is 55.4 Å². The Kier molecular flexibility index (Phi) is 4.59. The van der Waals surface area contributed by atoms with Gasteiger partial charge in [-0.05, 0) is 18.8 Å². The van der Waals surface area contributed by atoms with Gasteiger partial charge < -0.3 is 10.1 Å². The number of amides is 1. The van der Waals surface area contributed by atoms with Crippen LogP contribution in [0.15, 0.2) is 0 Å². The number of rotatable bonds is 6. The van der Waals surface area contributed by atoms with Crippen LogP contribution in [0.25, 0.3) is 0 Å². The minimum absolute atomic E-state index is 0.0748. The zero-order chi connectivity index (χ0) is 11.3. The lowest BCUT2D eigenvalue weighted by molar-refractivity contribution is -0.143. The molecule has 1 aliphatic rings. The molecule has 0 aromatic carbocycles. The van der Waals surface area contributed by atoms with E-state index in [-0.39, 0.29) is 24.2 Å². The fourth-order valence-electron chi connectivity index (χ4n) is 1.39. The highest BCUT2D eigenvalue weighted by molar-refractivity contribution is 5.81. The van der Waals surface area contributed by atoms with Crippen molar-refractivity contribution in [2.75, 3.05) is 13.2 Å². The molecule has 0 aromatic rings. The SMILES string of the molecule is CCCOC(=O)CCNC(=O)[C@@H]1C[C@H]1C. The zero-order valence-corrected chi connectivity index (χ0v) is 9.41. The Morgan fingerprint density at radius 1 is 1.47 bits per heavy atom. The second-order valence-electron chi connectivity index (χ2n) is 4.08. The van der Waals surface area contributed by atoms with Gasteiger partial charge in [0.05, 0.1) is 13.0 Å². The quantitative estimate of drug-likeness (QED) is 0.672. The van der Waals surface area contributed by atoms with Gasteiger partial charge in [-0.2, -0.15) is 0 Å². The fraction of sp³-hybridized carbons (Fsp3) is 0.818. The molecule has 1 saturated carbocycles. The molecule has 2 atom stereocenters. The number of hydrogen-bond donors (Lipinski definition) is 1. The number of carbonyl (C=O) groups excluding carboxylic acids is 2. The third-order valence-corrected chi connectivity index (χ3v) is 2.54. The lowest BCUT2D eigenvalue weighted by Crippen LogP contribution is -2.28. The fourth-order valence-corrected chi connectivity index (χ4v) is 1.39. The molecule has 0 bridgehead atoms. The molecule has 0 radical (unpaired) electrons. The molecule has 4 nitrogen and oxygen atoms in total. The first-order valence-corrected chi connectivity index (χ1v) is 5.58. The van der Waals surface area contributed by atoms with Crippen LogP contribution in [0.5, 0.6) is 0 Å². The first-order valence-electron chi connectivity index (χ1n) is 5.58. The molecule has 0 heterocycles. The molecule has 0 aromatic heterocycles. The number of carbonyl (C=O) groups is 2. The third kappa shape index (κ3) is 4.32. The monoisotopic (exact) mass is 213 g/mol. The molecule has 1 N–H and O–H groups in total. The Bertz CT molecular complexity index is 240. The van der Waals surface area contributed by atoms with Gasteiger partial charge in [0.15, 0.2) is 0 Å². The molecule has 0 saturated heterocycles. The summed E-state index contributed by atoms with van der Waals surface area (Å²) in [6.45, 7) is 4.86. The van der Waals surface area contributed by atoms with Crippen molar-refractivity contribution in [3.05, 3.63) is 0 Å². The average molecular weight is 213 g/mol. The Labute approximate surface area is 90.4 Å². The van der Waals surface area contributed by atoms with Crippen LogP contribution in [0, 0.1) is 11.8 Å². The largest absolute Gasteiger partial charge is 0.466 e. The van der Waals surface area contributed by atoms with Crippen LogP contribution < -0.4 is 5.32 Å².